The molecule has 1 fully saturated rings. The largest absolute Gasteiger partial charge is 0.497 e. The summed E-state index contributed by atoms with van der Waals surface area (Å²) in [5, 5.41) is 0. The predicted octanol–water partition coefficient (Wildman–Crippen LogP) is 4.46. The number of pyridine rings is 1. The Morgan fingerprint density at radius 2 is 1.92 bits per heavy atom. The second kappa shape index (κ2) is 6.82. The van der Waals surface area contributed by atoms with E-state index in [4.69, 9.17) is 9.47 Å². The molecule has 2 heterocycles. The molecule has 1 atom stereocenters. The highest BCUT2D eigenvalue weighted by atomic mass is 19.4. The Balaban J connectivity index is 1.96. The predicted molar refractivity (Wildman–Crippen MR) is 88.1 cm³/mol. The molecule has 7 heteroatoms. The normalized spacial score (nSPS) is 17.6. The fraction of sp³-hybridized carbons (Fsp3) is 0.389. The molecule has 0 bridgehead atoms. The Hall–Kier alpha value is -2.44. The van der Waals surface area contributed by atoms with Crippen molar-refractivity contribution in [2.75, 3.05) is 25.7 Å². The van der Waals surface area contributed by atoms with Gasteiger partial charge in [-0.15, -0.1) is 0 Å². The third-order valence-electron chi connectivity index (χ3n) is 4.42. The Bertz CT molecular complexity index is 749. The molecule has 1 aromatic heterocycles. The smallest absolute Gasteiger partial charge is 0.416 e. The number of hydrogen-bond acceptors (Lipinski definition) is 4. The summed E-state index contributed by atoms with van der Waals surface area (Å²) in [4.78, 5) is 6.06. The molecule has 0 N–H and O–H groups in total. The molecule has 0 aliphatic carbocycles. The van der Waals surface area contributed by atoms with Crippen LogP contribution in [0.5, 0.6) is 11.5 Å². The lowest BCUT2D eigenvalue weighted by Gasteiger charge is -2.28. The van der Waals surface area contributed by atoms with Crippen LogP contribution in [0.4, 0.5) is 19.0 Å². The fourth-order valence-corrected chi connectivity index (χ4v) is 3.21. The Labute approximate surface area is 144 Å². The maximum absolute atomic E-state index is 13.0. The van der Waals surface area contributed by atoms with E-state index in [2.05, 4.69) is 4.98 Å². The Morgan fingerprint density at radius 3 is 2.60 bits per heavy atom. The van der Waals surface area contributed by atoms with Crippen LogP contribution in [0.3, 0.4) is 0 Å². The molecule has 0 spiro atoms. The zero-order valence-electron chi connectivity index (χ0n) is 14.0. The highest BCUT2D eigenvalue weighted by molar-refractivity contribution is 5.50. The quantitative estimate of drug-likeness (QED) is 0.814. The Kier molecular flexibility index (Phi) is 4.74. The minimum atomic E-state index is -4.38. The second-order valence-electron chi connectivity index (χ2n) is 5.86. The van der Waals surface area contributed by atoms with Crippen molar-refractivity contribution >= 4 is 5.82 Å². The SMILES string of the molecule is COc1ccc(C2CCCN2c2cc(C(F)(F)F)ccn2)c(OC)c1. The van der Waals surface area contributed by atoms with Gasteiger partial charge in [-0.1, -0.05) is 0 Å². The molecule has 1 unspecified atom stereocenters. The van der Waals surface area contributed by atoms with Gasteiger partial charge in [0.1, 0.15) is 17.3 Å². The number of nitrogens with zero attached hydrogens (tertiary/aromatic N) is 2. The van der Waals surface area contributed by atoms with E-state index in [-0.39, 0.29) is 6.04 Å². The van der Waals surface area contributed by atoms with Gasteiger partial charge in [-0.2, -0.15) is 13.2 Å². The minimum Gasteiger partial charge on any atom is -0.497 e. The average Bonchev–Trinajstić information content (AvgIpc) is 3.10. The highest BCUT2D eigenvalue weighted by Crippen LogP contribution is 2.41. The van der Waals surface area contributed by atoms with Gasteiger partial charge in [0, 0.05) is 24.4 Å². The summed E-state index contributed by atoms with van der Waals surface area (Å²) in [5.41, 5.74) is 0.227. The summed E-state index contributed by atoms with van der Waals surface area (Å²) >= 11 is 0. The van der Waals surface area contributed by atoms with Gasteiger partial charge >= 0.3 is 6.18 Å². The first-order valence-corrected chi connectivity index (χ1v) is 7.96. The lowest BCUT2D eigenvalue weighted by Crippen LogP contribution is -2.24. The van der Waals surface area contributed by atoms with E-state index >= 15 is 0 Å². The molecular formula is C18H19F3N2O2. The molecule has 0 amide bonds. The van der Waals surface area contributed by atoms with E-state index in [1.165, 1.54) is 6.20 Å². The van der Waals surface area contributed by atoms with Crippen molar-refractivity contribution in [1.29, 1.82) is 0 Å². The molecule has 1 aliphatic rings. The molecule has 3 rings (SSSR count). The van der Waals surface area contributed by atoms with Crippen molar-refractivity contribution in [3.8, 4) is 11.5 Å². The number of ether oxygens (including phenoxy) is 2. The summed E-state index contributed by atoms with van der Waals surface area (Å²) in [6.07, 6.45) is -1.48. The molecule has 0 saturated carbocycles. The molecule has 134 valence electrons. The van der Waals surface area contributed by atoms with Crippen LogP contribution in [-0.2, 0) is 6.18 Å². The van der Waals surface area contributed by atoms with Gasteiger partial charge in [0.05, 0.1) is 25.8 Å². The fourth-order valence-electron chi connectivity index (χ4n) is 3.21. The van der Waals surface area contributed by atoms with Crippen LogP contribution in [0.25, 0.3) is 0 Å². The van der Waals surface area contributed by atoms with Crippen LogP contribution >= 0.6 is 0 Å². The van der Waals surface area contributed by atoms with Crippen LogP contribution in [-0.4, -0.2) is 25.7 Å². The monoisotopic (exact) mass is 352 g/mol. The lowest BCUT2D eigenvalue weighted by molar-refractivity contribution is -0.137. The van der Waals surface area contributed by atoms with Gasteiger partial charge in [-0.05, 0) is 37.1 Å². The molecule has 4 nitrogen and oxygen atoms in total. The number of anilines is 1. The molecule has 25 heavy (non-hydrogen) atoms. The molecule has 1 saturated heterocycles. The number of rotatable bonds is 4. The molecular weight excluding hydrogens is 333 g/mol. The van der Waals surface area contributed by atoms with Crippen LogP contribution in [0.15, 0.2) is 36.5 Å². The van der Waals surface area contributed by atoms with Crippen molar-refractivity contribution in [3.63, 3.8) is 0 Å². The molecule has 1 aromatic carbocycles. The van der Waals surface area contributed by atoms with Crippen LogP contribution < -0.4 is 14.4 Å². The van der Waals surface area contributed by atoms with E-state index in [0.29, 0.717) is 23.9 Å². The molecule has 2 aromatic rings. The zero-order valence-corrected chi connectivity index (χ0v) is 14.0. The van der Waals surface area contributed by atoms with E-state index in [0.717, 1.165) is 30.5 Å². The number of benzene rings is 1. The molecule has 0 radical (unpaired) electrons. The number of hydrogen-bond donors (Lipinski definition) is 0. The topological polar surface area (TPSA) is 34.6 Å². The number of methoxy groups -OCH3 is 2. The van der Waals surface area contributed by atoms with Gasteiger partial charge < -0.3 is 14.4 Å². The maximum Gasteiger partial charge on any atom is 0.416 e. The van der Waals surface area contributed by atoms with E-state index < -0.39 is 11.7 Å². The number of halogens is 3. The molecule has 1 aliphatic heterocycles. The first-order chi connectivity index (χ1) is 11.9. The lowest BCUT2D eigenvalue weighted by atomic mass is 10.0. The first-order valence-electron chi connectivity index (χ1n) is 7.96. The number of aromatic nitrogens is 1. The Morgan fingerprint density at radius 1 is 1.12 bits per heavy atom. The van der Waals surface area contributed by atoms with E-state index in [1.807, 2.05) is 17.0 Å². The summed E-state index contributed by atoms with van der Waals surface area (Å²) < 4.78 is 49.7. The van der Waals surface area contributed by atoms with Gasteiger partial charge in [0.2, 0.25) is 0 Å². The summed E-state index contributed by atoms with van der Waals surface area (Å²) in [7, 11) is 3.14. The third-order valence-corrected chi connectivity index (χ3v) is 4.42. The van der Waals surface area contributed by atoms with Crippen molar-refractivity contribution < 1.29 is 22.6 Å². The summed E-state index contributed by atoms with van der Waals surface area (Å²) in [5.74, 6) is 1.65. The van der Waals surface area contributed by atoms with Gasteiger partial charge in [-0.3, -0.25) is 0 Å². The maximum atomic E-state index is 13.0. The summed E-state index contributed by atoms with van der Waals surface area (Å²) in [6.45, 7) is 0.647. The van der Waals surface area contributed by atoms with Crippen LogP contribution in [0.2, 0.25) is 0 Å². The third kappa shape index (κ3) is 3.50. The average molecular weight is 352 g/mol. The minimum absolute atomic E-state index is 0.0863. The zero-order chi connectivity index (χ0) is 18.0. The van der Waals surface area contributed by atoms with Crippen LogP contribution in [0.1, 0.15) is 30.0 Å². The van der Waals surface area contributed by atoms with Crippen LogP contribution in [0, 0.1) is 0 Å². The van der Waals surface area contributed by atoms with E-state index in [9.17, 15) is 13.2 Å². The van der Waals surface area contributed by atoms with Crippen molar-refractivity contribution in [2.45, 2.75) is 25.1 Å². The standard InChI is InChI=1S/C18H19F3N2O2/c1-24-13-5-6-14(16(11-13)25-2)15-4-3-9-23(15)17-10-12(7-8-22-17)18(19,20)21/h5-8,10-11,15H,3-4,9H2,1-2H3. The number of alkyl halides is 3. The highest BCUT2D eigenvalue weighted by Gasteiger charge is 2.34. The second-order valence-corrected chi connectivity index (χ2v) is 5.86. The van der Waals surface area contributed by atoms with Gasteiger partial charge in [-0.25, -0.2) is 4.98 Å². The van der Waals surface area contributed by atoms with Crippen molar-refractivity contribution in [1.82, 2.24) is 4.98 Å². The first kappa shape index (κ1) is 17.4. The van der Waals surface area contributed by atoms with Crippen molar-refractivity contribution in [2.24, 2.45) is 0 Å². The van der Waals surface area contributed by atoms with Gasteiger partial charge in [0.25, 0.3) is 0 Å². The van der Waals surface area contributed by atoms with Crippen molar-refractivity contribution in [3.05, 3.63) is 47.7 Å². The van der Waals surface area contributed by atoms with E-state index in [1.54, 1.807) is 20.3 Å². The summed E-state index contributed by atoms with van der Waals surface area (Å²) in [6, 6.07) is 7.52. The van der Waals surface area contributed by atoms with Gasteiger partial charge in [0.15, 0.2) is 0 Å².